The molecule has 2 aliphatic rings. The number of anilines is 2. The lowest BCUT2D eigenvalue weighted by atomic mass is 10.2. The van der Waals surface area contributed by atoms with E-state index in [0.29, 0.717) is 11.7 Å². The number of nitrogens with one attached hydrogen (secondary N) is 3. The number of pyridine rings is 1. The topological polar surface area (TPSA) is 65.1 Å². The molecule has 0 saturated carbocycles. The molecule has 6 nitrogen and oxygen atoms in total. The first-order valence-electron chi connectivity index (χ1n) is 9.33. The lowest BCUT2D eigenvalue weighted by Crippen LogP contribution is -2.42. The van der Waals surface area contributed by atoms with Crippen LogP contribution < -0.4 is 16.0 Å². The van der Waals surface area contributed by atoms with Gasteiger partial charge in [0.25, 0.3) is 0 Å². The number of hydrogen-bond acceptors (Lipinski definition) is 7. The zero-order chi connectivity index (χ0) is 20.3. The second kappa shape index (κ2) is 8.52. The van der Waals surface area contributed by atoms with Gasteiger partial charge in [0.15, 0.2) is 5.13 Å². The van der Waals surface area contributed by atoms with Gasteiger partial charge in [-0.1, -0.05) is 23.5 Å². The van der Waals surface area contributed by atoms with Gasteiger partial charge in [-0.15, -0.1) is 0 Å². The summed E-state index contributed by atoms with van der Waals surface area (Å²) in [5.41, 5.74) is 1.00. The molecule has 3 N–H and O–H groups in total. The number of hydrogen-bond donors (Lipinski definition) is 3. The van der Waals surface area contributed by atoms with Gasteiger partial charge in [-0.2, -0.15) is 13.2 Å². The number of rotatable bonds is 5. The van der Waals surface area contributed by atoms with E-state index in [-0.39, 0.29) is 5.82 Å². The third kappa shape index (κ3) is 4.95. The molecule has 0 radical (unpaired) electrons. The molecule has 29 heavy (non-hydrogen) atoms. The van der Waals surface area contributed by atoms with E-state index in [1.54, 1.807) is 0 Å². The predicted octanol–water partition coefficient (Wildman–Crippen LogP) is 3.21. The number of aromatic nitrogens is 2. The van der Waals surface area contributed by atoms with E-state index in [2.05, 4.69) is 30.8 Å². The molecule has 0 spiro atoms. The van der Waals surface area contributed by atoms with Gasteiger partial charge in [-0.25, -0.2) is 9.97 Å². The molecule has 154 valence electrons. The fourth-order valence-electron chi connectivity index (χ4n) is 3.20. The standard InChI is InChI=1S/C19H21F3N6S/c20-19(21,22)13-4-6-25-16(11-13)26-18-27-17(14-3-1-2-5-24-14)15(29-18)12-28-9-7-23-8-10-28/h1-4,6,11,23-24H,5,7-10,12H2,(H,25,26,27). The Hall–Kier alpha value is -2.43. The minimum Gasteiger partial charge on any atom is -0.380 e. The molecule has 2 aliphatic heterocycles. The molecule has 2 aromatic rings. The number of dihydropyridines is 1. The molecule has 0 bridgehead atoms. The molecular formula is C19H21F3N6S. The summed E-state index contributed by atoms with van der Waals surface area (Å²) in [5.74, 6) is 0.124. The smallest absolute Gasteiger partial charge is 0.380 e. The summed E-state index contributed by atoms with van der Waals surface area (Å²) >= 11 is 1.44. The zero-order valence-electron chi connectivity index (χ0n) is 15.6. The van der Waals surface area contributed by atoms with Gasteiger partial charge < -0.3 is 16.0 Å². The Morgan fingerprint density at radius 1 is 1.24 bits per heavy atom. The largest absolute Gasteiger partial charge is 0.416 e. The van der Waals surface area contributed by atoms with Gasteiger partial charge in [0.2, 0.25) is 0 Å². The van der Waals surface area contributed by atoms with Crippen molar-refractivity contribution in [2.45, 2.75) is 12.7 Å². The highest BCUT2D eigenvalue weighted by Gasteiger charge is 2.31. The average Bonchev–Trinajstić information content (AvgIpc) is 3.11. The summed E-state index contributed by atoms with van der Waals surface area (Å²) in [6.07, 6.45) is 2.69. The van der Waals surface area contributed by atoms with Crippen molar-refractivity contribution in [3.05, 3.63) is 52.7 Å². The molecule has 1 saturated heterocycles. The highest BCUT2D eigenvalue weighted by Crippen LogP contribution is 2.33. The molecule has 0 unspecified atom stereocenters. The van der Waals surface area contributed by atoms with E-state index in [1.165, 1.54) is 11.3 Å². The van der Waals surface area contributed by atoms with E-state index < -0.39 is 11.7 Å². The Bertz CT molecular complexity index is 915. The Balaban J connectivity index is 1.60. The first-order chi connectivity index (χ1) is 14.0. The SMILES string of the molecule is FC(F)(F)c1ccnc(Nc2nc(C3=CC=CCN3)c(CN3CCNCC3)s2)c1. The van der Waals surface area contributed by atoms with Gasteiger partial charge >= 0.3 is 6.18 Å². The van der Waals surface area contributed by atoms with Crippen molar-refractivity contribution >= 4 is 28.0 Å². The maximum Gasteiger partial charge on any atom is 0.416 e. The van der Waals surface area contributed by atoms with Crippen LogP contribution >= 0.6 is 11.3 Å². The van der Waals surface area contributed by atoms with Crippen molar-refractivity contribution in [1.82, 2.24) is 25.5 Å². The molecule has 2 aromatic heterocycles. The Morgan fingerprint density at radius 2 is 2.07 bits per heavy atom. The lowest BCUT2D eigenvalue weighted by Gasteiger charge is -2.27. The molecule has 0 amide bonds. The first-order valence-corrected chi connectivity index (χ1v) is 10.1. The summed E-state index contributed by atoms with van der Waals surface area (Å²) < 4.78 is 38.9. The molecule has 0 aromatic carbocycles. The minimum atomic E-state index is -4.41. The van der Waals surface area contributed by atoms with Crippen molar-refractivity contribution in [2.75, 3.05) is 38.0 Å². The van der Waals surface area contributed by atoms with E-state index in [4.69, 9.17) is 0 Å². The van der Waals surface area contributed by atoms with E-state index in [0.717, 1.165) is 67.3 Å². The summed E-state index contributed by atoms with van der Waals surface area (Å²) in [5, 5.41) is 10.1. The van der Waals surface area contributed by atoms with E-state index >= 15 is 0 Å². The van der Waals surface area contributed by atoms with Crippen molar-refractivity contribution in [3.63, 3.8) is 0 Å². The van der Waals surface area contributed by atoms with Crippen molar-refractivity contribution < 1.29 is 13.2 Å². The Morgan fingerprint density at radius 3 is 2.79 bits per heavy atom. The number of thiazole rings is 1. The van der Waals surface area contributed by atoms with Crippen molar-refractivity contribution in [2.24, 2.45) is 0 Å². The maximum absolute atomic E-state index is 13.0. The third-order valence-corrected chi connectivity index (χ3v) is 5.62. The van der Waals surface area contributed by atoms with Crippen LogP contribution in [-0.4, -0.2) is 47.6 Å². The van der Waals surface area contributed by atoms with Gasteiger partial charge in [-0.05, 0) is 18.2 Å². The van der Waals surface area contributed by atoms with E-state index in [1.807, 2.05) is 18.2 Å². The molecule has 0 aliphatic carbocycles. The second-order valence-corrected chi connectivity index (χ2v) is 7.84. The van der Waals surface area contributed by atoms with E-state index in [9.17, 15) is 13.2 Å². The molecule has 1 fully saturated rings. The molecule has 10 heteroatoms. The summed E-state index contributed by atoms with van der Waals surface area (Å²) in [6, 6.07) is 1.95. The molecule has 0 atom stereocenters. The third-order valence-electron chi connectivity index (χ3n) is 4.66. The fourth-order valence-corrected chi connectivity index (χ4v) is 4.23. The first kappa shape index (κ1) is 19.9. The van der Waals surface area contributed by atoms with Crippen LogP contribution in [0.3, 0.4) is 0 Å². The van der Waals surface area contributed by atoms with Crippen LogP contribution in [0.5, 0.6) is 0 Å². The van der Waals surface area contributed by atoms with Gasteiger partial charge in [0, 0.05) is 45.5 Å². The number of nitrogens with zero attached hydrogens (tertiary/aromatic N) is 3. The monoisotopic (exact) mass is 422 g/mol. The van der Waals surface area contributed by atoms with Crippen LogP contribution in [0.1, 0.15) is 16.1 Å². The number of halogens is 3. The lowest BCUT2D eigenvalue weighted by molar-refractivity contribution is -0.137. The molecular weight excluding hydrogens is 401 g/mol. The van der Waals surface area contributed by atoms with Crippen LogP contribution in [0, 0.1) is 0 Å². The highest BCUT2D eigenvalue weighted by molar-refractivity contribution is 7.15. The van der Waals surface area contributed by atoms with Crippen molar-refractivity contribution in [1.29, 1.82) is 0 Å². The molecule has 4 heterocycles. The maximum atomic E-state index is 13.0. The van der Waals surface area contributed by atoms with Gasteiger partial charge in [-0.3, -0.25) is 4.90 Å². The van der Waals surface area contributed by atoms with Crippen LogP contribution in [0.25, 0.3) is 5.70 Å². The average molecular weight is 422 g/mol. The predicted molar refractivity (Wildman–Crippen MR) is 108 cm³/mol. The zero-order valence-corrected chi connectivity index (χ0v) is 16.4. The normalized spacial score (nSPS) is 17.7. The van der Waals surface area contributed by atoms with Crippen molar-refractivity contribution in [3.8, 4) is 0 Å². The number of piperazine rings is 1. The van der Waals surface area contributed by atoms with Gasteiger partial charge in [0.1, 0.15) is 11.5 Å². The highest BCUT2D eigenvalue weighted by atomic mass is 32.1. The number of alkyl halides is 3. The van der Waals surface area contributed by atoms with Crippen LogP contribution in [0.4, 0.5) is 24.1 Å². The van der Waals surface area contributed by atoms with Crippen LogP contribution in [0.15, 0.2) is 36.6 Å². The Kier molecular flexibility index (Phi) is 5.84. The fraction of sp³-hybridized carbons (Fsp3) is 0.368. The van der Waals surface area contributed by atoms with Crippen LogP contribution in [0.2, 0.25) is 0 Å². The quantitative estimate of drug-likeness (QED) is 0.688. The second-order valence-electron chi connectivity index (χ2n) is 6.76. The Labute approximate surface area is 170 Å². The summed E-state index contributed by atoms with van der Waals surface area (Å²) in [4.78, 5) is 12.1. The number of allylic oxidation sites excluding steroid dienone is 2. The summed E-state index contributed by atoms with van der Waals surface area (Å²) in [6.45, 7) is 5.24. The summed E-state index contributed by atoms with van der Waals surface area (Å²) in [7, 11) is 0. The minimum absolute atomic E-state index is 0.124. The molecule has 4 rings (SSSR count). The van der Waals surface area contributed by atoms with Gasteiger partial charge in [0.05, 0.1) is 16.1 Å². The van der Waals surface area contributed by atoms with Crippen LogP contribution in [-0.2, 0) is 12.7 Å².